The summed E-state index contributed by atoms with van der Waals surface area (Å²) in [5.41, 5.74) is 8.20. The van der Waals surface area contributed by atoms with Crippen LogP contribution < -0.4 is 11.3 Å². The molecule has 0 heterocycles. The molecule has 0 bridgehead atoms. The molecule has 0 aliphatic carbocycles. The maximum Gasteiger partial charge on any atom is 0.0291 e. The predicted molar refractivity (Wildman–Crippen MR) is 88.6 cm³/mol. The number of benzene rings is 2. The minimum atomic E-state index is 0.232. The summed E-state index contributed by atoms with van der Waals surface area (Å²) in [7, 11) is 0. The van der Waals surface area contributed by atoms with Gasteiger partial charge in [0.2, 0.25) is 0 Å². The van der Waals surface area contributed by atoms with Gasteiger partial charge in [0.1, 0.15) is 0 Å². The molecule has 0 aromatic heterocycles. The van der Waals surface area contributed by atoms with Crippen molar-refractivity contribution in [3.8, 4) is 0 Å². The van der Waals surface area contributed by atoms with Crippen molar-refractivity contribution in [2.45, 2.75) is 32.7 Å². The summed E-state index contributed by atoms with van der Waals surface area (Å²) in [5.74, 6) is 5.72. The minimum Gasteiger partial charge on any atom is -0.271 e. The quantitative estimate of drug-likeness (QED) is 0.647. The highest BCUT2D eigenvalue weighted by Crippen LogP contribution is 2.19. The van der Waals surface area contributed by atoms with Gasteiger partial charge >= 0.3 is 0 Å². The molecule has 0 fully saturated rings. The summed E-state index contributed by atoms with van der Waals surface area (Å²) in [6.07, 6.45) is 1.84. The lowest BCUT2D eigenvalue weighted by Gasteiger charge is -2.17. The molecule has 1 unspecified atom stereocenters. The number of halogens is 1. The van der Waals surface area contributed by atoms with Crippen LogP contribution in [0.15, 0.2) is 46.9 Å². The van der Waals surface area contributed by atoms with Crippen LogP contribution in [0.2, 0.25) is 0 Å². The highest BCUT2D eigenvalue weighted by molar-refractivity contribution is 9.10. The number of aryl methyl sites for hydroxylation is 2. The molecule has 0 radical (unpaired) electrons. The van der Waals surface area contributed by atoms with Crippen molar-refractivity contribution >= 4 is 15.9 Å². The first kappa shape index (κ1) is 15.2. The Balaban J connectivity index is 2.09. The molecular formula is C17H21BrN2. The molecule has 0 amide bonds. The number of nitrogens with two attached hydrogens (primary N) is 1. The molecule has 106 valence electrons. The van der Waals surface area contributed by atoms with Crippen LogP contribution in [-0.4, -0.2) is 6.04 Å². The number of hydrogen-bond acceptors (Lipinski definition) is 2. The normalized spacial score (nSPS) is 12.4. The summed E-state index contributed by atoms with van der Waals surface area (Å²) in [6, 6.07) is 15.1. The van der Waals surface area contributed by atoms with Gasteiger partial charge in [-0.15, -0.1) is 0 Å². The van der Waals surface area contributed by atoms with Crippen LogP contribution >= 0.6 is 15.9 Å². The summed E-state index contributed by atoms with van der Waals surface area (Å²) in [4.78, 5) is 0. The molecule has 0 saturated carbocycles. The van der Waals surface area contributed by atoms with E-state index in [4.69, 9.17) is 5.84 Å². The fourth-order valence-corrected chi connectivity index (χ4v) is 2.78. The van der Waals surface area contributed by atoms with E-state index in [1.807, 2.05) is 6.07 Å². The van der Waals surface area contributed by atoms with E-state index in [1.165, 1.54) is 22.3 Å². The Kier molecular flexibility index (Phi) is 5.35. The topological polar surface area (TPSA) is 38.0 Å². The fourth-order valence-electron chi connectivity index (χ4n) is 2.33. The Morgan fingerprint density at radius 3 is 2.45 bits per heavy atom. The van der Waals surface area contributed by atoms with Gasteiger partial charge in [0, 0.05) is 10.5 Å². The van der Waals surface area contributed by atoms with Crippen molar-refractivity contribution in [1.82, 2.24) is 5.43 Å². The third-order valence-corrected chi connectivity index (χ3v) is 4.49. The molecule has 20 heavy (non-hydrogen) atoms. The largest absolute Gasteiger partial charge is 0.271 e. The van der Waals surface area contributed by atoms with E-state index in [9.17, 15) is 0 Å². The molecule has 0 saturated heterocycles. The van der Waals surface area contributed by atoms with Crippen LogP contribution in [0, 0.1) is 13.8 Å². The minimum absolute atomic E-state index is 0.232. The van der Waals surface area contributed by atoms with Crippen LogP contribution in [0.3, 0.4) is 0 Å². The Morgan fingerprint density at radius 2 is 1.80 bits per heavy atom. The Hall–Kier alpha value is -1.16. The third-order valence-electron chi connectivity index (χ3n) is 3.71. The van der Waals surface area contributed by atoms with Crippen LogP contribution in [0.25, 0.3) is 0 Å². The molecule has 0 spiro atoms. The monoisotopic (exact) mass is 332 g/mol. The second-order valence-electron chi connectivity index (χ2n) is 5.28. The van der Waals surface area contributed by atoms with E-state index in [0.29, 0.717) is 0 Å². The van der Waals surface area contributed by atoms with E-state index in [0.717, 1.165) is 17.3 Å². The Morgan fingerprint density at radius 1 is 1.05 bits per heavy atom. The van der Waals surface area contributed by atoms with Crippen LogP contribution in [0.4, 0.5) is 0 Å². The number of nitrogens with one attached hydrogen (secondary N) is 1. The maximum absolute atomic E-state index is 5.72. The maximum atomic E-state index is 5.72. The van der Waals surface area contributed by atoms with Gasteiger partial charge in [-0.25, -0.2) is 0 Å². The van der Waals surface area contributed by atoms with E-state index in [2.05, 4.69) is 71.6 Å². The first-order valence-corrected chi connectivity index (χ1v) is 7.65. The van der Waals surface area contributed by atoms with E-state index in [-0.39, 0.29) is 6.04 Å². The molecule has 2 rings (SSSR count). The lowest BCUT2D eigenvalue weighted by molar-refractivity contribution is 0.521. The van der Waals surface area contributed by atoms with Crippen molar-refractivity contribution < 1.29 is 0 Å². The molecule has 2 aromatic rings. The zero-order valence-corrected chi connectivity index (χ0v) is 13.6. The molecule has 2 nitrogen and oxygen atoms in total. The van der Waals surface area contributed by atoms with Gasteiger partial charge in [0.25, 0.3) is 0 Å². The number of hydrogen-bond donors (Lipinski definition) is 2. The van der Waals surface area contributed by atoms with Gasteiger partial charge in [-0.05, 0) is 55.0 Å². The lowest BCUT2D eigenvalue weighted by atomic mass is 9.97. The van der Waals surface area contributed by atoms with Gasteiger partial charge in [-0.1, -0.05) is 52.3 Å². The van der Waals surface area contributed by atoms with Gasteiger partial charge < -0.3 is 0 Å². The van der Waals surface area contributed by atoms with Crippen LogP contribution in [0.5, 0.6) is 0 Å². The molecule has 3 heteroatoms. The Bertz CT molecular complexity index is 581. The molecule has 1 atom stereocenters. The van der Waals surface area contributed by atoms with Crippen LogP contribution in [-0.2, 0) is 12.8 Å². The van der Waals surface area contributed by atoms with E-state index < -0.39 is 0 Å². The van der Waals surface area contributed by atoms with Gasteiger partial charge in [0.05, 0.1) is 0 Å². The molecule has 2 aromatic carbocycles. The highest BCUT2D eigenvalue weighted by Gasteiger charge is 2.11. The molecule has 0 aliphatic heterocycles. The average molecular weight is 333 g/mol. The Labute approximate surface area is 129 Å². The first-order chi connectivity index (χ1) is 9.60. The highest BCUT2D eigenvalue weighted by atomic mass is 79.9. The van der Waals surface area contributed by atoms with E-state index in [1.54, 1.807) is 0 Å². The van der Waals surface area contributed by atoms with Crippen LogP contribution in [0.1, 0.15) is 22.3 Å². The average Bonchev–Trinajstić information content (AvgIpc) is 2.44. The van der Waals surface area contributed by atoms with Crippen molar-refractivity contribution in [2.75, 3.05) is 0 Å². The third kappa shape index (κ3) is 3.92. The smallest absolute Gasteiger partial charge is 0.0291 e. The standard InChI is InChI=1S/C17H21BrN2/c1-12-7-8-14(9-13(12)2)10-16(20-19)11-15-5-3-4-6-17(15)18/h3-9,16,20H,10-11,19H2,1-2H3. The predicted octanol–water partition coefficient (Wildman–Crippen LogP) is 3.68. The molecular weight excluding hydrogens is 312 g/mol. The summed E-state index contributed by atoms with van der Waals surface area (Å²) in [6.45, 7) is 4.29. The van der Waals surface area contributed by atoms with Gasteiger partial charge in [-0.2, -0.15) is 0 Å². The summed E-state index contributed by atoms with van der Waals surface area (Å²) >= 11 is 3.59. The van der Waals surface area contributed by atoms with Crippen molar-refractivity contribution in [2.24, 2.45) is 5.84 Å². The SMILES string of the molecule is Cc1ccc(CC(Cc2ccccc2Br)NN)cc1C. The molecule has 3 N–H and O–H groups in total. The summed E-state index contributed by atoms with van der Waals surface area (Å²) < 4.78 is 1.14. The van der Waals surface area contributed by atoms with Crippen molar-refractivity contribution in [3.05, 3.63) is 69.2 Å². The van der Waals surface area contributed by atoms with Gasteiger partial charge in [-0.3, -0.25) is 11.3 Å². The first-order valence-electron chi connectivity index (χ1n) is 6.86. The van der Waals surface area contributed by atoms with Crippen molar-refractivity contribution in [3.63, 3.8) is 0 Å². The number of hydrazine groups is 1. The van der Waals surface area contributed by atoms with Crippen molar-refractivity contribution in [1.29, 1.82) is 0 Å². The second-order valence-corrected chi connectivity index (χ2v) is 6.14. The zero-order chi connectivity index (χ0) is 14.5. The molecule has 0 aliphatic rings. The fraction of sp³-hybridized carbons (Fsp3) is 0.294. The van der Waals surface area contributed by atoms with Gasteiger partial charge in [0.15, 0.2) is 0 Å². The lowest BCUT2D eigenvalue weighted by Crippen LogP contribution is -2.38. The number of rotatable bonds is 5. The summed E-state index contributed by atoms with van der Waals surface area (Å²) in [5, 5.41) is 0. The van der Waals surface area contributed by atoms with E-state index >= 15 is 0 Å². The second kappa shape index (κ2) is 7.02. The zero-order valence-electron chi connectivity index (χ0n) is 12.0.